The molecule has 0 aliphatic rings. The van der Waals surface area contributed by atoms with Crippen LogP contribution in [0.2, 0.25) is 5.02 Å². The lowest BCUT2D eigenvalue weighted by Gasteiger charge is -2.13. The van der Waals surface area contributed by atoms with E-state index in [2.05, 4.69) is 4.99 Å². The van der Waals surface area contributed by atoms with Crippen LogP contribution < -0.4 is 8.92 Å². The Morgan fingerprint density at radius 1 is 1.04 bits per heavy atom. The summed E-state index contributed by atoms with van der Waals surface area (Å²) >= 11 is 7.82. The number of halogens is 2. The van der Waals surface area contributed by atoms with E-state index in [0.29, 0.717) is 14.3 Å². The fraction of sp³-hybridized carbons (Fsp3) is 0.0500. The average Bonchev–Trinajstić information content (AvgIpc) is 2.69. The van der Waals surface area contributed by atoms with E-state index in [4.69, 9.17) is 20.5 Å². The van der Waals surface area contributed by atoms with Crippen molar-refractivity contribution in [1.29, 1.82) is 0 Å². The van der Waals surface area contributed by atoms with Gasteiger partial charge in [0.15, 0.2) is 11.5 Å². The predicted molar refractivity (Wildman–Crippen MR) is 119 cm³/mol. The van der Waals surface area contributed by atoms with Gasteiger partial charge in [-0.05, 0) is 76.7 Å². The number of hydrogen-bond acceptors (Lipinski definition) is 5. The van der Waals surface area contributed by atoms with Crippen LogP contribution in [0.3, 0.4) is 0 Å². The lowest BCUT2D eigenvalue weighted by atomic mass is 10.2. The second kappa shape index (κ2) is 8.93. The zero-order valence-electron chi connectivity index (χ0n) is 14.7. The van der Waals surface area contributed by atoms with E-state index in [-0.39, 0.29) is 10.6 Å². The van der Waals surface area contributed by atoms with Crippen molar-refractivity contribution < 1.29 is 17.3 Å². The first-order valence-corrected chi connectivity index (χ1v) is 10.9. The zero-order valence-corrected chi connectivity index (χ0v) is 18.4. The van der Waals surface area contributed by atoms with Crippen LogP contribution in [0.1, 0.15) is 5.56 Å². The second-order valence-corrected chi connectivity index (χ2v) is 8.76. The van der Waals surface area contributed by atoms with E-state index in [1.54, 1.807) is 18.3 Å². The quantitative estimate of drug-likeness (QED) is 0.242. The number of ether oxygens (including phenoxy) is 1. The Labute approximate surface area is 182 Å². The molecule has 8 heteroatoms. The maximum absolute atomic E-state index is 12.6. The maximum atomic E-state index is 12.6. The Kier molecular flexibility index (Phi) is 6.58. The van der Waals surface area contributed by atoms with Gasteiger partial charge in [0.2, 0.25) is 0 Å². The molecule has 3 rings (SSSR count). The van der Waals surface area contributed by atoms with Crippen LogP contribution in [0.25, 0.3) is 0 Å². The summed E-state index contributed by atoms with van der Waals surface area (Å²) < 4.78 is 36.4. The maximum Gasteiger partial charge on any atom is 0.339 e. The molecule has 0 bridgehead atoms. The summed E-state index contributed by atoms with van der Waals surface area (Å²) in [7, 11) is -2.58. The molecular formula is C20H15ClINO4S. The van der Waals surface area contributed by atoms with Crippen molar-refractivity contribution in [3.05, 3.63) is 80.9 Å². The van der Waals surface area contributed by atoms with Crippen molar-refractivity contribution in [1.82, 2.24) is 0 Å². The Bertz CT molecular complexity index is 1100. The Morgan fingerprint density at radius 2 is 1.71 bits per heavy atom. The normalized spacial score (nSPS) is 11.5. The summed E-state index contributed by atoms with van der Waals surface area (Å²) in [5.74, 6) is 0.411. The van der Waals surface area contributed by atoms with Crippen molar-refractivity contribution in [2.75, 3.05) is 7.11 Å². The van der Waals surface area contributed by atoms with Crippen LogP contribution in [-0.2, 0) is 10.1 Å². The van der Waals surface area contributed by atoms with Gasteiger partial charge in [0.05, 0.1) is 16.4 Å². The second-order valence-electron chi connectivity index (χ2n) is 5.62. The Balaban J connectivity index is 1.91. The van der Waals surface area contributed by atoms with Crippen LogP contribution in [0.15, 0.2) is 76.6 Å². The van der Waals surface area contributed by atoms with Gasteiger partial charge in [-0.25, -0.2) is 0 Å². The highest BCUT2D eigenvalue weighted by Gasteiger charge is 2.21. The van der Waals surface area contributed by atoms with Gasteiger partial charge < -0.3 is 8.92 Å². The fourth-order valence-corrected chi connectivity index (χ4v) is 4.29. The molecule has 0 aromatic heterocycles. The topological polar surface area (TPSA) is 65.0 Å². The Morgan fingerprint density at radius 3 is 2.36 bits per heavy atom. The minimum Gasteiger partial charge on any atom is -0.493 e. The average molecular weight is 528 g/mol. The monoisotopic (exact) mass is 527 g/mol. The molecule has 0 heterocycles. The van der Waals surface area contributed by atoms with Gasteiger partial charge in [0.25, 0.3) is 0 Å². The minimum absolute atomic E-state index is 0.00414. The number of methoxy groups -OCH3 is 1. The predicted octanol–water partition coefficient (Wildman–Crippen LogP) is 5.47. The van der Waals surface area contributed by atoms with Gasteiger partial charge in [-0.1, -0.05) is 29.8 Å². The van der Waals surface area contributed by atoms with E-state index < -0.39 is 10.1 Å². The van der Waals surface area contributed by atoms with Gasteiger partial charge in [-0.15, -0.1) is 0 Å². The first kappa shape index (κ1) is 20.6. The largest absolute Gasteiger partial charge is 0.493 e. The van der Waals surface area contributed by atoms with Gasteiger partial charge in [-0.3, -0.25) is 4.99 Å². The fourth-order valence-electron chi connectivity index (χ4n) is 2.32. The number of aliphatic imine (C=N–C) groups is 1. The number of hydrogen-bond donors (Lipinski definition) is 0. The molecule has 3 aromatic carbocycles. The highest BCUT2D eigenvalue weighted by atomic mass is 127. The van der Waals surface area contributed by atoms with E-state index in [9.17, 15) is 8.42 Å². The van der Waals surface area contributed by atoms with Gasteiger partial charge >= 0.3 is 10.1 Å². The van der Waals surface area contributed by atoms with Crippen LogP contribution in [0, 0.1) is 3.57 Å². The smallest absolute Gasteiger partial charge is 0.339 e. The lowest BCUT2D eigenvalue weighted by Crippen LogP contribution is -2.11. The number of para-hydroxylation sites is 1. The third-order valence-corrected chi connectivity index (χ3v) is 5.95. The third-order valence-electron chi connectivity index (χ3n) is 3.67. The first-order chi connectivity index (χ1) is 13.4. The number of benzene rings is 3. The summed E-state index contributed by atoms with van der Waals surface area (Å²) in [5.41, 5.74) is 1.56. The molecule has 0 amide bonds. The van der Waals surface area contributed by atoms with Gasteiger partial charge in [0.1, 0.15) is 4.90 Å². The van der Waals surface area contributed by atoms with Crippen LogP contribution in [0.4, 0.5) is 5.69 Å². The minimum atomic E-state index is -4.03. The van der Waals surface area contributed by atoms with Gasteiger partial charge in [0, 0.05) is 11.2 Å². The molecule has 0 saturated heterocycles. The van der Waals surface area contributed by atoms with E-state index in [1.807, 2.05) is 52.9 Å². The molecule has 0 aliphatic carbocycles. The molecule has 0 spiro atoms. The molecule has 144 valence electrons. The molecular weight excluding hydrogens is 513 g/mol. The molecule has 5 nitrogen and oxygen atoms in total. The Hall–Kier alpha value is -2.10. The van der Waals surface area contributed by atoms with Crippen molar-refractivity contribution in [3.63, 3.8) is 0 Å². The SMILES string of the molecule is COc1cc(C=Nc2ccccc2)cc(I)c1OS(=O)(=O)c1ccc(Cl)cc1. The zero-order chi connectivity index (χ0) is 20.1. The van der Waals surface area contributed by atoms with Crippen LogP contribution in [0.5, 0.6) is 11.5 Å². The summed E-state index contributed by atoms with van der Waals surface area (Å²) in [5, 5.41) is 0.438. The van der Waals surface area contributed by atoms with Crippen molar-refractivity contribution in [2.45, 2.75) is 4.90 Å². The molecule has 0 radical (unpaired) electrons. The number of nitrogens with zero attached hydrogens (tertiary/aromatic N) is 1. The first-order valence-electron chi connectivity index (χ1n) is 8.06. The van der Waals surface area contributed by atoms with E-state index >= 15 is 0 Å². The molecule has 0 atom stereocenters. The van der Waals surface area contributed by atoms with Crippen molar-refractivity contribution in [3.8, 4) is 11.5 Å². The lowest BCUT2D eigenvalue weighted by molar-refractivity contribution is 0.389. The highest BCUT2D eigenvalue weighted by Crippen LogP contribution is 2.36. The number of rotatable bonds is 6. The summed E-state index contributed by atoms with van der Waals surface area (Å²) in [4.78, 5) is 4.40. The standard InChI is InChI=1S/C20H15ClINO4S/c1-26-19-12-14(13-23-16-5-3-2-4-6-16)11-18(22)20(19)27-28(24,25)17-9-7-15(21)8-10-17/h2-13H,1H3. The summed E-state index contributed by atoms with van der Waals surface area (Å²) in [6, 6.07) is 18.7. The highest BCUT2D eigenvalue weighted by molar-refractivity contribution is 14.1. The van der Waals surface area contributed by atoms with Crippen LogP contribution in [-0.4, -0.2) is 21.7 Å². The molecule has 0 aliphatic heterocycles. The molecule has 28 heavy (non-hydrogen) atoms. The molecule has 0 saturated carbocycles. The van der Waals surface area contributed by atoms with E-state index in [1.165, 1.54) is 31.4 Å². The van der Waals surface area contributed by atoms with Gasteiger partial charge in [-0.2, -0.15) is 8.42 Å². The summed E-state index contributed by atoms with van der Waals surface area (Å²) in [6.07, 6.45) is 1.68. The molecule has 0 unspecified atom stereocenters. The molecule has 0 fully saturated rings. The van der Waals surface area contributed by atoms with Crippen molar-refractivity contribution in [2.24, 2.45) is 4.99 Å². The van der Waals surface area contributed by atoms with Crippen molar-refractivity contribution >= 4 is 56.2 Å². The third kappa shape index (κ3) is 5.03. The molecule has 0 N–H and O–H groups in total. The summed E-state index contributed by atoms with van der Waals surface area (Å²) in [6.45, 7) is 0. The molecule has 3 aromatic rings. The van der Waals surface area contributed by atoms with E-state index in [0.717, 1.165) is 11.3 Å². The van der Waals surface area contributed by atoms with Crippen LogP contribution >= 0.6 is 34.2 Å².